The molecule has 0 heterocycles. The van der Waals surface area contributed by atoms with Crippen LogP contribution in [0, 0.1) is 0 Å². The third kappa shape index (κ3) is 10.3. The van der Waals surface area contributed by atoms with Gasteiger partial charge in [-0.15, -0.1) is 0 Å². The van der Waals surface area contributed by atoms with Crippen LogP contribution in [0.15, 0.2) is 60.7 Å². The fourth-order valence-corrected chi connectivity index (χ4v) is 3.42. The van der Waals surface area contributed by atoms with Gasteiger partial charge in [0.1, 0.15) is 19.3 Å². The van der Waals surface area contributed by atoms with Crippen LogP contribution in [0.2, 0.25) is 0 Å². The molecule has 0 amide bonds. The van der Waals surface area contributed by atoms with Gasteiger partial charge < -0.3 is 24.1 Å². The van der Waals surface area contributed by atoms with E-state index in [9.17, 15) is 14.7 Å². The maximum Gasteiger partial charge on any atom is 0.338 e. The average Bonchev–Trinajstić information content (AvgIpc) is 2.83. The molecule has 0 aromatic heterocycles. The van der Waals surface area contributed by atoms with Gasteiger partial charge in [0.15, 0.2) is 6.29 Å². The standard InChI is InChI=1S/C26H36O7S/c1-5-22(18-31-24(28)20-12-8-6-9-13-20)33-26(30-16-17-34(2,3)4)23(27)19-32-25(29)21-14-10-7-11-15-21/h6-15,22-23,26-27H,5,16-19H2,1-4H3/t22?,23-,26?/m0/s1. The van der Waals surface area contributed by atoms with E-state index in [1.807, 2.05) is 13.0 Å². The molecule has 3 atom stereocenters. The van der Waals surface area contributed by atoms with Gasteiger partial charge in [-0.05, 0) is 49.5 Å². The fourth-order valence-electron chi connectivity index (χ4n) is 2.82. The topological polar surface area (TPSA) is 91.3 Å². The van der Waals surface area contributed by atoms with Crippen LogP contribution in [0.3, 0.4) is 0 Å². The zero-order chi connectivity index (χ0) is 25.0. The maximum absolute atomic E-state index is 12.3. The first-order valence-corrected chi connectivity index (χ1v) is 14.3. The van der Waals surface area contributed by atoms with Crippen LogP contribution >= 0.6 is 10.0 Å². The lowest BCUT2D eigenvalue weighted by Crippen LogP contribution is -2.40. The van der Waals surface area contributed by atoms with Gasteiger partial charge in [-0.2, -0.15) is 0 Å². The van der Waals surface area contributed by atoms with Crippen molar-refractivity contribution in [1.82, 2.24) is 0 Å². The van der Waals surface area contributed by atoms with E-state index in [1.165, 1.54) is 0 Å². The Morgan fingerprint density at radius 1 is 0.853 bits per heavy atom. The Morgan fingerprint density at radius 3 is 1.82 bits per heavy atom. The molecule has 0 bridgehead atoms. The van der Waals surface area contributed by atoms with Gasteiger partial charge in [0, 0.05) is 5.75 Å². The van der Waals surface area contributed by atoms with Crippen LogP contribution in [-0.4, -0.2) is 79.9 Å². The molecule has 0 aliphatic carbocycles. The SMILES string of the molecule is CCC(COC(=O)c1ccccc1)OC(OCCS(C)(C)C)[C@@H](O)COC(=O)c1ccccc1. The fraction of sp³-hybridized carbons (Fsp3) is 0.462. The molecule has 2 unspecified atom stereocenters. The van der Waals surface area contributed by atoms with E-state index in [-0.39, 0.29) is 13.2 Å². The van der Waals surface area contributed by atoms with Gasteiger partial charge in [0.05, 0.1) is 23.8 Å². The van der Waals surface area contributed by atoms with Crippen LogP contribution in [0.5, 0.6) is 0 Å². The van der Waals surface area contributed by atoms with E-state index < -0.39 is 40.5 Å². The van der Waals surface area contributed by atoms with Gasteiger partial charge in [-0.25, -0.2) is 19.6 Å². The highest BCUT2D eigenvalue weighted by Crippen LogP contribution is 2.33. The summed E-state index contributed by atoms with van der Waals surface area (Å²) in [6.45, 7) is 1.98. The Bertz CT molecular complexity index is 868. The normalized spacial score (nSPS) is 14.6. The number of rotatable bonds is 14. The minimum atomic E-state index is -1.21. The molecule has 2 aromatic rings. The number of benzene rings is 2. The smallest absolute Gasteiger partial charge is 0.338 e. The van der Waals surface area contributed by atoms with E-state index in [2.05, 4.69) is 18.8 Å². The lowest BCUT2D eigenvalue weighted by atomic mass is 10.2. The molecule has 2 rings (SSSR count). The Balaban J connectivity index is 1.96. The van der Waals surface area contributed by atoms with E-state index in [1.54, 1.807) is 54.6 Å². The molecule has 0 aliphatic rings. The molecule has 0 fully saturated rings. The van der Waals surface area contributed by atoms with Crippen LogP contribution in [0.1, 0.15) is 34.1 Å². The van der Waals surface area contributed by atoms with Crippen LogP contribution in [0.25, 0.3) is 0 Å². The molecule has 0 saturated heterocycles. The minimum Gasteiger partial charge on any atom is -0.459 e. The van der Waals surface area contributed by atoms with Crippen LogP contribution in [0.4, 0.5) is 0 Å². The van der Waals surface area contributed by atoms with Crippen molar-refractivity contribution in [3.05, 3.63) is 71.8 Å². The second kappa shape index (κ2) is 14.1. The van der Waals surface area contributed by atoms with E-state index in [4.69, 9.17) is 18.9 Å². The summed E-state index contributed by atoms with van der Waals surface area (Å²) in [6, 6.07) is 17.2. The maximum atomic E-state index is 12.3. The van der Waals surface area contributed by atoms with E-state index in [0.29, 0.717) is 24.2 Å². The Kier molecular flexibility index (Phi) is 11.6. The summed E-state index contributed by atoms with van der Waals surface area (Å²) in [5.41, 5.74) is 0.842. The van der Waals surface area contributed by atoms with Crippen molar-refractivity contribution in [2.75, 3.05) is 44.3 Å². The molecule has 0 saturated carbocycles. The highest BCUT2D eigenvalue weighted by Gasteiger charge is 2.27. The largest absolute Gasteiger partial charge is 0.459 e. The number of esters is 2. The first-order valence-electron chi connectivity index (χ1n) is 11.2. The van der Waals surface area contributed by atoms with Crippen molar-refractivity contribution in [2.24, 2.45) is 0 Å². The molecule has 1 N–H and O–H groups in total. The Hall–Kier alpha value is -2.39. The quantitative estimate of drug-likeness (QED) is 0.316. The van der Waals surface area contributed by atoms with E-state index in [0.717, 1.165) is 5.75 Å². The lowest BCUT2D eigenvalue weighted by molar-refractivity contribution is -0.225. The third-order valence-electron chi connectivity index (χ3n) is 4.88. The molecule has 7 nitrogen and oxygen atoms in total. The number of aliphatic hydroxyl groups excluding tert-OH is 1. The zero-order valence-electron chi connectivity index (χ0n) is 20.3. The zero-order valence-corrected chi connectivity index (χ0v) is 21.2. The molecule has 0 aliphatic heterocycles. The lowest BCUT2D eigenvalue weighted by Gasteiger charge is -2.30. The highest BCUT2D eigenvalue weighted by atomic mass is 32.3. The Labute approximate surface area is 203 Å². The summed E-state index contributed by atoms with van der Waals surface area (Å²) in [6.07, 6.45) is 4.29. The summed E-state index contributed by atoms with van der Waals surface area (Å²) < 4.78 is 22.5. The van der Waals surface area contributed by atoms with Crippen molar-refractivity contribution < 1.29 is 33.6 Å². The highest BCUT2D eigenvalue weighted by molar-refractivity contribution is 8.32. The summed E-state index contributed by atoms with van der Waals surface area (Å²) in [4.78, 5) is 24.5. The summed E-state index contributed by atoms with van der Waals surface area (Å²) >= 11 is 0. The summed E-state index contributed by atoms with van der Waals surface area (Å²) in [5.74, 6) is -0.168. The number of hydrogen-bond acceptors (Lipinski definition) is 7. The molecule has 0 radical (unpaired) electrons. The molecule has 34 heavy (non-hydrogen) atoms. The van der Waals surface area contributed by atoms with Crippen molar-refractivity contribution >= 4 is 22.0 Å². The predicted molar refractivity (Wildman–Crippen MR) is 135 cm³/mol. The summed E-state index contributed by atoms with van der Waals surface area (Å²) in [7, 11) is -0.810. The Morgan fingerprint density at radius 2 is 1.35 bits per heavy atom. The number of carbonyl (C=O) groups excluding carboxylic acids is 2. The number of ether oxygens (including phenoxy) is 4. The van der Waals surface area contributed by atoms with Crippen molar-refractivity contribution in [3.8, 4) is 0 Å². The average molecular weight is 493 g/mol. The van der Waals surface area contributed by atoms with E-state index >= 15 is 0 Å². The van der Waals surface area contributed by atoms with Gasteiger partial charge in [-0.3, -0.25) is 0 Å². The number of aliphatic hydroxyl groups is 1. The molecule has 0 spiro atoms. The predicted octanol–water partition coefficient (Wildman–Crippen LogP) is 3.89. The third-order valence-corrected chi connectivity index (χ3v) is 6.27. The first-order chi connectivity index (χ1) is 16.2. The monoisotopic (exact) mass is 492 g/mol. The van der Waals surface area contributed by atoms with Gasteiger partial charge >= 0.3 is 11.9 Å². The second-order valence-electron chi connectivity index (χ2n) is 8.70. The van der Waals surface area contributed by atoms with Crippen molar-refractivity contribution in [1.29, 1.82) is 0 Å². The number of carbonyl (C=O) groups is 2. The molecular formula is C26H36O7S. The van der Waals surface area contributed by atoms with Crippen LogP contribution < -0.4 is 0 Å². The molecule has 2 aromatic carbocycles. The van der Waals surface area contributed by atoms with Gasteiger partial charge in [-0.1, -0.05) is 43.3 Å². The van der Waals surface area contributed by atoms with Crippen molar-refractivity contribution in [2.45, 2.75) is 31.8 Å². The van der Waals surface area contributed by atoms with Gasteiger partial charge in [0.25, 0.3) is 0 Å². The molecule has 8 heteroatoms. The number of hydrogen-bond donors (Lipinski definition) is 1. The van der Waals surface area contributed by atoms with Gasteiger partial charge in [0.2, 0.25) is 0 Å². The molecule has 188 valence electrons. The minimum absolute atomic E-state index is 0.00509. The molecular weight excluding hydrogens is 456 g/mol. The van der Waals surface area contributed by atoms with Crippen molar-refractivity contribution in [3.63, 3.8) is 0 Å². The summed E-state index contributed by atoms with van der Waals surface area (Å²) in [5, 5.41) is 10.7. The second-order valence-corrected chi connectivity index (χ2v) is 13.3. The van der Waals surface area contributed by atoms with Crippen LogP contribution in [-0.2, 0) is 18.9 Å². The first kappa shape index (κ1) is 27.9.